The highest BCUT2D eigenvalue weighted by molar-refractivity contribution is 6.33. The molecule has 2 rings (SSSR count). The summed E-state index contributed by atoms with van der Waals surface area (Å²) in [5.41, 5.74) is -0.442. The summed E-state index contributed by atoms with van der Waals surface area (Å²) in [4.78, 5) is 12.0. The van der Waals surface area contributed by atoms with Crippen molar-refractivity contribution in [2.24, 2.45) is 0 Å². The zero-order valence-corrected chi connectivity index (χ0v) is 12.2. The van der Waals surface area contributed by atoms with E-state index in [4.69, 9.17) is 11.6 Å². The van der Waals surface area contributed by atoms with Crippen molar-refractivity contribution in [3.05, 3.63) is 70.5 Å². The highest BCUT2D eigenvalue weighted by atomic mass is 35.5. The molecule has 0 aliphatic carbocycles. The van der Waals surface area contributed by atoms with Crippen molar-refractivity contribution in [3.8, 4) is 0 Å². The monoisotopic (exact) mass is 307 g/mol. The van der Waals surface area contributed by atoms with E-state index in [0.717, 1.165) is 0 Å². The van der Waals surface area contributed by atoms with Crippen molar-refractivity contribution in [3.63, 3.8) is 0 Å². The second kappa shape index (κ2) is 6.24. The van der Waals surface area contributed by atoms with Crippen LogP contribution < -0.4 is 5.32 Å². The summed E-state index contributed by atoms with van der Waals surface area (Å²) in [6, 6.07) is 12.2. The topological polar surface area (TPSA) is 49.3 Å². The first-order valence-corrected chi connectivity index (χ1v) is 6.79. The van der Waals surface area contributed by atoms with Gasteiger partial charge < -0.3 is 10.4 Å². The predicted octanol–water partition coefficient (Wildman–Crippen LogP) is 3.12. The van der Waals surface area contributed by atoms with Crippen molar-refractivity contribution in [1.82, 2.24) is 5.32 Å². The van der Waals surface area contributed by atoms with Crippen LogP contribution in [0, 0.1) is 5.82 Å². The van der Waals surface area contributed by atoms with Crippen molar-refractivity contribution in [1.29, 1.82) is 0 Å². The first-order valence-electron chi connectivity index (χ1n) is 6.41. The highest BCUT2D eigenvalue weighted by Crippen LogP contribution is 2.20. The Kier molecular flexibility index (Phi) is 4.60. The Balaban J connectivity index is 2.06. The summed E-state index contributed by atoms with van der Waals surface area (Å²) in [6.07, 6.45) is 0. The number of halogens is 2. The second-order valence-electron chi connectivity index (χ2n) is 4.94. The minimum Gasteiger partial charge on any atom is -0.384 e. The number of benzene rings is 2. The molecule has 0 bridgehead atoms. The van der Waals surface area contributed by atoms with Crippen LogP contribution in [0.4, 0.5) is 4.39 Å². The molecular weight excluding hydrogens is 293 g/mol. The van der Waals surface area contributed by atoms with E-state index < -0.39 is 5.60 Å². The number of hydrogen-bond donors (Lipinski definition) is 2. The third-order valence-corrected chi connectivity index (χ3v) is 3.51. The van der Waals surface area contributed by atoms with Crippen LogP contribution in [-0.2, 0) is 5.60 Å². The maximum absolute atomic E-state index is 12.9. The lowest BCUT2D eigenvalue weighted by Crippen LogP contribution is -2.38. The molecule has 2 aromatic rings. The number of hydrogen-bond acceptors (Lipinski definition) is 2. The molecule has 0 aliphatic rings. The molecule has 0 aliphatic heterocycles. The van der Waals surface area contributed by atoms with Crippen LogP contribution in [0.15, 0.2) is 48.5 Å². The summed E-state index contributed by atoms with van der Waals surface area (Å²) in [5.74, 6) is -0.752. The van der Waals surface area contributed by atoms with E-state index in [9.17, 15) is 14.3 Å². The molecule has 2 aromatic carbocycles. The molecule has 5 heteroatoms. The molecule has 1 amide bonds. The van der Waals surface area contributed by atoms with Gasteiger partial charge >= 0.3 is 0 Å². The Bertz CT molecular complexity index is 641. The fourth-order valence-electron chi connectivity index (χ4n) is 1.90. The van der Waals surface area contributed by atoms with Gasteiger partial charge in [-0.1, -0.05) is 35.9 Å². The number of nitrogens with one attached hydrogen (secondary N) is 1. The van der Waals surface area contributed by atoms with Gasteiger partial charge in [0.15, 0.2) is 0 Å². The normalized spacial score (nSPS) is 13.5. The molecule has 0 saturated carbocycles. The second-order valence-corrected chi connectivity index (χ2v) is 5.35. The number of carbonyl (C=O) groups is 1. The first-order chi connectivity index (χ1) is 9.90. The van der Waals surface area contributed by atoms with Crippen LogP contribution in [-0.4, -0.2) is 17.6 Å². The zero-order valence-electron chi connectivity index (χ0n) is 11.4. The van der Waals surface area contributed by atoms with Crippen LogP contribution >= 0.6 is 11.6 Å². The third-order valence-electron chi connectivity index (χ3n) is 3.18. The van der Waals surface area contributed by atoms with Crippen molar-refractivity contribution < 1.29 is 14.3 Å². The summed E-state index contributed by atoms with van der Waals surface area (Å²) in [7, 11) is 0. The van der Waals surface area contributed by atoms with Crippen molar-refractivity contribution >= 4 is 17.5 Å². The molecule has 3 nitrogen and oxygen atoms in total. The zero-order chi connectivity index (χ0) is 15.5. The van der Waals surface area contributed by atoms with Crippen LogP contribution in [0.5, 0.6) is 0 Å². The Morgan fingerprint density at radius 2 is 1.86 bits per heavy atom. The molecular formula is C16H15ClFNO2. The molecule has 0 heterocycles. The van der Waals surface area contributed by atoms with E-state index in [1.54, 1.807) is 31.2 Å². The minimum absolute atomic E-state index is 0.0112. The van der Waals surface area contributed by atoms with Gasteiger partial charge in [0.25, 0.3) is 5.91 Å². The Morgan fingerprint density at radius 3 is 2.48 bits per heavy atom. The molecule has 1 atom stereocenters. The number of carbonyl (C=O) groups excluding carboxylic acids is 1. The van der Waals surface area contributed by atoms with Crippen LogP contribution in [0.2, 0.25) is 5.02 Å². The van der Waals surface area contributed by atoms with Crippen LogP contribution in [0.1, 0.15) is 22.8 Å². The molecule has 0 fully saturated rings. The van der Waals surface area contributed by atoms with Gasteiger partial charge in [-0.2, -0.15) is 0 Å². The molecule has 110 valence electrons. The van der Waals surface area contributed by atoms with Gasteiger partial charge in [-0.25, -0.2) is 4.39 Å². The molecule has 1 unspecified atom stereocenters. The summed E-state index contributed by atoms with van der Waals surface area (Å²) >= 11 is 5.94. The number of aliphatic hydroxyl groups is 1. The average molecular weight is 308 g/mol. The van der Waals surface area contributed by atoms with Gasteiger partial charge in [0.2, 0.25) is 0 Å². The van der Waals surface area contributed by atoms with Crippen molar-refractivity contribution in [2.45, 2.75) is 12.5 Å². The average Bonchev–Trinajstić information content (AvgIpc) is 2.46. The van der Waals surface area contributed by atoms with E-state index >= 15 is 0 Å². The lowest BCUT2D eigenvalue weighted by Gasteiger charge is -2.24. The van der Waals surface area contributed by atoms with E-state index in [-0.39, 0.29) is 18.3 Å². The minimum atomic E-state index is -1.30. The van der Waals surface area contributed by atoms with Gasteiger partial charge in [-0.15, -0.1) is 0 Å². The first kappa shape index (κ1) is 15.5. The van der Waals surface area contributed by atoms with Gasteiger partial charge in [0, 0.05) is 0 Å². The third kappa shape index (κ3) is 3.80. The molecule has 21 heavy (non-hydrogen) atoms. The standard InChI is InChI=1S/C16H15ClFNO2/c1-16(21,11-6-8-12(18)9-7-11)10-19-15(20)13-4-2-3-5-14(13)17/h2-9,21H,10H2,1H3,(H,19,20). The maximum atomic E-state index is 12.9. The van der Waals surface area contributed by atoms with Gasteiger partial charge in [0.1, 0.15) is 11.4 Å². The van der Waals surface area contributed by atoms with E-state index in [0.29, 0.717) is 16.1 Å². The Labute approximate surface area is 127 Å². The summed E-state index contributed by atoms with van der Waals surface area (Å²) in [5, 5.41) is 13.3. The fourth-order valence-corrected chi connectivity index (χ4v) is 2.13. The lowest BCUT2D eigenvalue weighted by atomic mass is 9.96. The van der Waals surface area contributed by atoms with E-state index in [1.807, 2.05) is 0 Å². The maximum Gasteiger partial charge on any atom is 0.252 e. The smallest absolute Gasteiger partial charge is 0.252 e. The number of amides is 1. The van der Waals surface area contributed by atoms with Crippen LogP contribution in [0.25, 0.3) is 0 Å². The lowest BCUT2D eigenvalue weighted by molar-refractivity contribution is 0.0526. The molecule has 0 aromatic heterocycles. The van der Waals surface area contributed by atoms with Crippen LogP contribution in [0.3, 0.4) is 0 Å². The molecule has 0 saturated heterocycles. The van der Waals surface area contributed by atoms with Gasteiger partial charge in [0.05, 0.1) is 17.1 Å². The van der Waals surface area contributed by atoms with E-state index in [1.165, 1.54) is 24.3 Å². The SMILES string of the molecule is CC(O)(CNC(=O)c1ccccc1Cl)c1ccc(F)cc1. The Morgan fingerprint density at radius 1 is 1.24 bits per heavy atom. The summed E-state index contributed by atoms with van der Waals surface area (Å²) < 4.78 is 12.9. The van der Waals surface area contributed by atoms with Gasteiger partial charge in [-0.3, -0.25) is 4.79 Å². The quantitative estimate of drug-likeness (QED) is 0.912. The Hall–Kier alpha value is -1.91. The highest BCUT2D eigenvalue weighted by Gasteiger charge is 2.24. The fraction of sp³-hybridized carbons (Fsp3) is 0.188. The molecule has 0 radical (unpaired) electrons. The molecule has 2 N–H and O–H groups in total. The molecule has 0 spiro atoms. The largest absolute Gasteiger partial charge is 0.384 e. The van der Waals surface area contributed by atoms with E-state index in [2.05, 4.69) is 5.32 Å². The van der Waals surface area contributed by atoms with Crippen molar-refractivity contribution in [2.75, 3.05) is 6.54 Å². The van der Waals surface area contributed by atoms with Gasteiger partial charge in [-0.05, 0) is 36.8 Å². The summed E-state index contributed by atoms with van der Waals surface area (Å²) in [6.45, 7) is 1.54. The number of rotatable bonds is 4. The predicted molar refractivity (Wildman–Crippen MR) is 79.8 cm³/mol.